The molecular formula is C23H14F4N2O3. The van der Waals surface area contributed by atoms with E-state index >= 15 is 0 Å². The average molecular weight is 442 g/mol. The van der Waals surface area contributed by atoms with Crippen LogP contribution < -0.4 is 15.0 Å². The van der Waals surface area contributed by atoms with Crippen LogP contribution in [-0.2, 0) is 9.59 Å². The number of rotatable bonds is 5. The number of imide groups is 1. The number of carbonyl (C=O) groups is 2. The van der Waals surface area contributed by atoms with E-state index in [0.717, 1.165) is 23.1 Å². The van der Waals surface area contributed by atoms with Gasteiger partial charge in [0, 0.05) is 5.69 Å². The number of nitrogens with zero attached hydrogens (tertiary/aromatic N) is 1. The summed E-state index contributed by atoms with van der Waals surface area (Å²) in [7, 11) is 0. The highest BCUT2D eigenvalue weighted by Gasteiger charge is 2.41. The minimum absolute atomic E-state index is 0.00877. The Bertz CT molecular complexity index is 1210. The molecule has 0 radical (unpaired) electrons. The first-order valence-electron chi connectivity index (χ1n) is 9.30. The van der Waals surface area contributed by atoms with Gasteiger partial charge in [-0.3, -0.25) is 9.59 Å². The molecule has 0 aliphatic carbocycles. The summed E-state index contributed by atoms with van der Waals surface area (Å²) in [5.74, 6) is -2.72. The van der Waals surface area contributed by atoms with Crippen molar-refractivity contribution < 1.29 is 31.9 Å². The lowest BCUT2D eigenvalue weighted by Crippen LogP contribution is -2.33. The molecule has 3 aromatic carbocycles. The van der Waals surface area contributed by atoms with Crippen LogP contribution in [0.25, 0.3) is 5.57 Å². The molecule has 0 spiro atoms. The second-order valence-corrected chi connectivity index (χ2v) is 6.71. The zero-order valence-corrected chi connectivity index (χ0v) is 16.2. The van der Waals surface area contributed by atoms with Crippen molar-refractivity contribution in [2.75, 3.05) is 10.2 Å². The number of anilines is 2. The van der Waals surface area contributed by atoms with Crippen LogP contribution in [0.4, 0.5) is 28.9 Å². The van der Waals surface area contributed by atoms with Crippen molar-refractivity contribution in [3.05, 3.63) is 95.9 Å². The van der Waals surface area contributed by atoms with Crippen LogP contribution in [0.3, 0.4) is 0 Å². The highest BCUT2D eigenvalue weighted by Crippen LogP contribution is 2.35. The van der Waals surface area contributed by atoms with Gasteiger partial charge < -0.3 is 10.1 Å². The van der Waals surface area contributed by atoms with Gasteiger partial charge in [-0.1, -0.05) is 42.5 Å². The summed E-state index contributed by atoms with van der Waals surface area (Å²) >= 11 is 0. The summed E-state index contributed by atoms with van der Waals surface area (Å²) in [4.78, 5) is 27.1. The smallest absolute Gasteiger partial charge is 0.406 e. The second kappa shape index (κ2) is 8.18. The van der Waals surface area contributed by atoms with Crippen molar-refractivity contribution in [1.82, 2.24) is 0 Å². The molecule has 32 heavy (non-hydrogen) atoms. The molecule has 162 valence electrons. The third kappa shape index (κ3) is 4.18. The van der Waals surface area contributed by atoms with Crippen molar-refractivity contribution in [2.45, 2.75) is 6.36 Å². The van der Waals surface area contributed by atoms with Crippen molar-refractivity contribution in [2.24, 2.45) is 0 Å². The van der Waals surface area contributed by atoms with Gasteiger partial charge in [0.25, 0.3) is 11.8 Å². The molecule has 5 nitrogen and oxygen atoms in total. The van der Waals surface area contributed by atoms with E-state index in [2.05, 4.69) is 10.1 Å². The number of alkyl halides is 3. The normalized spacial score (nSPS) is 14.2. The Morgan fingerprint density at radius 3 is 2.03 bits per heavy atom. The van der Waals surface area contributed by atoms with Crippen molar-refractivity contribution in [1.29, 1.82) is 0 Å². The van der Waals surface area contributed by atoms with Crippen molar-refractivity contribution >= 4 is 28.8 Å². The molecule has 9 heteroatoms. The summed E-state index contributed by atoms with van der Waals surface area (Å²) in [5, 5.41) is 2.79. The van der Waals surface area contributed by atoms with Gasteiger partial charge in [0.2, 0.25) is 0 Å². The van der Waals surface area contributed by atoms with E-state index in [1.54, 1.807) is 30.3 Å². The molecule has 4 rings (SSSR count). The van der Waals surface area contributed by atoms with Gasteiger partial charge in [-0.05, 0) is 42.0 Å². The quantitative estimate of drug-likeness (QED) is 0.440. The van der Waals surface area contributed by atoms with E-state index in [-0.39, 0.29) is 22.6 Å². The van der Waals surface area contributed by atoms with Gasteiger partial charge in [0.1, 0.15) is 17.3 Å². The zero-order chi connectivity index (χ0) is 22.9. The molecule has 0 saturated carbocycles. The number of halogens is 4. The summed E-state index contributed by atoms with van der Waals surface area (Å²) in [5.41, 5.74) is 0.328. The molecule has 0 bridgehead atoms. The van der Waals surface area contributed by atoms with Gasteiger partial charge in [0.05, 0.1) is 11.3 Å². The van der Waals surface area contributed by atoms with Gasteiger partial charge in [-0.2, -0.15) is 0 Å². The highest BCUT2D eigenvalue weighted by atomic mass is 19.4. The minimum atomic E-state index is -4.84. The lowest BCUT2D eigenvalue weighted by Gasteiger charge is -2.16. The molecule has 0 saturated heterocycles. The minimum Gasteiger partial charge on any atom is -0.406 e. The predicted molar refractivity (Wildman–Crippen MR) is 109 cm³/mol. The van der Waals surface area contributed by atoms with Crippen LogP contribution in [0.2, 0.25) is 0 Å². The maximum absolute atomic E-state index is 14.4. The fourth-order valence-electron chi connectivity index (χ4n) is 3.25. The standard InChI is InChI=1S/C23H14F4N2O3/c24-17-8-4-5-9-18(17)29-21(30)19(14-6-2-1-3-7-14)20(22(29)31)28-15-10-12-16(13-11-15)32-23(25,26)27/h1-13,28H. The summed E-state index contributed by atoms with van der Waals surface area (Å²) in [6.07, 6.45) is -4.84. The number of ether oxygens (including phenoxy) is 1. The lowest BCUT2D eigenvalue weighted by molar-refractivity contribution is -0.274. The predicted octanol–water partition coefficient (Wildman–Crippen LogP) is 5.12. The molecule has 0 fully saturated rings. The summed E-state index contributed by atoms with van der Waals surface area (Å²) in [6.45, 7) is 0. The molecule has 1 aliphatic rings. The monoisotopic (exact) mass is 442 g/mol. The number of carbonyl (C=O) groups excluding carboxylic acids is 2. The van der Waals surface area contributed by atoms with Crippen molar-refractivity contribution in [3.8, 4) is 5.75 Å². The molecular weight excluding hydrogens is 428 g/mol. The highest BCUT2D eigenvalue weighted by molar-refractivity contribution is 6.46. The first-order valence-corrected chi connectivity index (χ1v) is 9.30. The maximum Gasteiger partial charge on any atom is 0.573 e. The number of hydrogen-bond acceptors (Lipinski definition) is 4. The fraction of sp³-hybridized carbons (Fsp3) is 0.0435. The molecule has 1 N–H and O–H groups in total. The van der Waals surface area contributed by atoms with Crippen molar-refractivity contribution in [3.63, 3.8) is 0 Å². The number of benzene rings is 3. The zero-order valence-electron chi connectivity index (χ0n) is 16.2. The topological polar surface area (TPSA) is 58.6 Å². The SMILES string of the molecule is O=C1C(Nc2ccc(OC(F)(F)F)cc2)=C(c2ccccc2)C(=O)N1c1ccccc1F. The van der Waals surface area contributed by atoms with Gasteiger partial charge in [-0.25, -0.2) is 9.29 Å². The van der Waals surface area contributed by atoms with Crippen LogP contribution in [0.5, 0.6) is 5.75 Å². The molecule has 1 aliphatic heterocycles. The number of nitrogens with one attached hydrogen (secondary N) is 1. The van der Waals surface area contributed by atoms with Crippen LogP contribution in [0.15, 0.2) is 84.6 Å². The lowest BCUT2D eigenvalue weighted by atomic mass is 10.0. The third-order valence-corrected chi connectivity index (χ3v) is 4.60. The van der Waals surface area contributed by atoms with E-state index in [0.29, 0.717) is 5.56 Å². The van der Waals surface area contributed by atoms with Crippen LogP contribution in [0.1, 0.15) is 5.56 Å². The van der Waals surface area contributed by atoms with Crippen LogP contribution in [-0.4, -0.2) is 18.2 Å². The number of hydrogen-bond donors (Lipinski definition) is 1. The Morgan fingerprint density at radius 1 is 0.781 bits per heavy atom. The van der Waals surface area contributed by atoms with E-state index in [9.17, 15) is 27.2 Å². The average Bonchev–Trinajstić information content (AvgIpc) is 2.99. The largest absolute Gasteiger partial charge is 0.573 e. The van der Waals surface area contributed by atoms with E-state index in [1.807, 2.05) is 0 Å². The van der Waals surface area contributed by atoms with Crippen LogP contribution >= 0.6 is 0 Å². The fourth-order valence-corrected chi connectivity index (χ4v) is 3.25. The molecule has 0 aromatic heterocycles. The Hall–Kier alpha value is -4.14. The van der Waals surface area contributed by atoms with E-state index in [4.69, 9.17) is 0 Å². The van der Waals surface area contributed by atoms with Gasteiger partial charge >= 0.3 is 6.36 Å². The van der Waals surface area contributed by atoms with E-state index in [1.165, 1.54) is 30.3 Å². The number of para-hydroxylation sites is 1. The van der Waals surface area contributed by atoms with Gasteiger partial charge in [-0.15, -0.1) is 13.2 Å². The molecule has 3 aromatic rings. The Balaban J connectivity index is 1.73. The molecule has 0 unspecified atom stereocenters. The first-order chi connectivity index (χ1) is 15.2. The Labute approximate surface area is 179 Å². The van der Waals surface area contributed by atoms with Crippen LogP contribution in [0, 0.1) is 5.82 Å². The number of amides is 2. The summed E-state index contributed by atoms with van der Waals surface area (Å²) < 4.78 is 55.3. The van der Waals surface area contributed by atoms with E-state index < -0.39 is 29.7 Å². The Kier molecular flexibility index (Phi) is 5.40. The third-order valence-electron chi connectivity index (χ3n) is 4.60. The molecule has 0 atom stereocenters. The first kappa shape index (κ1) is 21.1. The molecule has 1 heterocycles. The Morgan fingerprint density at radius 2 is 1.41 bits per heavy atom. The van der Waals surface area contributed by atoms with Gasteiger partial charge in [0.15, 0.2) is 0 Å². The summed E-state index contributed by atoms with van der Waals surface area (Å²) in [6, 6.07) is 18.3. The molecule has 2 amide bonds. The second-order valence-electron chi connectivity index (χ2n) is 6.71. The maximum atomic E-state index is 14.4.